The lowest BCUT2D eigenvalue weighted by Crippen LogP contribution is -2.43. The quantitative estimate of drug-likeness (QED) is 0.776. The van der Waals surface area contributed by atoms with Crippen LogP contribution in [-0.2, 0) is 0 Å². The molecule has 1 saturated carbocycles. The molecule has 0 aliphatic heterocycles. The van der Waals surface area contributed by atoms with E-state index < -0.39 is 0 Å². The Morgan fingerprint density at radius 2 is 2.00 bits per heavy atom. The first-order valence-corrected chi connectivity index (χ1v) is 6.42. The molecule has 3 nitrogen and oxygen atoms in total. The van der Waals surface area contributed by atoms with Crippen LogP contribution in [0.5, 0.6) is 0 Å². The Hall–Kier alpha value is -0.590. The van der Waals surface area contributed by atoms with Gasteiger partial charge in [-0.15, -0.1) is 0 Å². The standard InChI is InChI=1S/C13H25N3/c1-13(11-14,15-2)9-10-16(3)12-7-5-4-6-8-12/h12,15H,4-10H2,1-3H3. The first kappa shape index (κ1) is 13.5. The minimum atomic E-state index is -0.372. The van der Waals surface area contributed by atoms with Crippen molar-refractivity contribution in [2.45, 2.75) is 57.0 Å². The SMILES string of the molecule is CNC(C)(C#N)CCN(C)C1CCCCC1. The zero-order valence-electron chi connectivity index (χ0n) is 10.9. The summed E-state index contributed by atoms with van der Waals surface area (Å²) in [5, 5.41) is 12.2. The number of hydrogen-bond donors (Lipinski definition) is 1. The van der Waals surface area contributed by atoms with Crippen LogP contribution in [0.15, 0.2) is 0 Å². The van der Waals surface area contributed by atoms with Gasteiger partial charge >= 0.3 is 0 Å². The van der Waals surface area contributed by atoms with Crippen molar-refractivity contribution < 1.29 is 0 Å². The molecule has 0 bridgehead atoms. The number of nitriles is 1. The molecule has 1 rings (SSSR count). The molecule has 92 valence electrons. The van der Waals surface area contributed by atoms with Crippen LogP contribution in [0, 0.1) is 11.3 Å². The summed E-state index contributed by atoms with van der Waals surface area (Å²) in [4.78, 5) is 2.44. The van der Waals surface area contributed by atoms with Gasteiger partial charge in [0, 0.05) is 12.6 Å². The molecule has 1 atom stereocenters. The summed E-state index contributed by atoms with van der Waals surface area (Å²) in [5.41, 5.74) is -0.372. The van der Waals surface area contributed by atoms with Crippen LogP contribution in [-0.4, -0.2) is 37.1 Å². The number of nitrogens with zero attached hydrogens (tertiary/aromatic N) is 2. The third kappa shape index (κ3) is 3.77. The Labute approximate surface area is 99.8 Å². The van der Waals surface area contributed by atoms with E-state index in [1.54, 1.807) is 0 Å². The fourth-order valence-electron chi connectivity index (χ4n) is 2.34. The van der Waals surface area contributed by atoms with Crippen LogP contribution in [0.4, 0.5) is 0 Å². The lowest BCUT2D eigenvalue weighted by atomic mass is 9.93. The molecule has 0 radical (unpaired) electrons. The van der Waals surface area contributed by atoms with Gasteiger partial charge in [0.25, 0.3) is 0 Å². The molecule has 0 aromatic heterocycles. The van der Waals surface area contributed by atoms with Crippen LogP contribution >= 0.6 is 0 Å². The summed E-state index contributed by atoms with van der Waals surface area (Å²) in [6.45, 7) is 2.98. The normalized spacial score (nSPS) is 21.7. The van der Waals surface area contributed by atoms with Crippen molar-refractivity contribution in [2.75, 3.05) is 20.6 Å². The van der Waals surface area contributed by atoms with Crippen molar-refractivity contribution in [3.05, 3.63) is 0 Å². The van der Waals surface area contributed by atoms with E-state index in [4.69, 9.17) is 5.26 Å². The molecule has 1 N–H and O–H groups in total. The summed E-state index contributed by atoms with van der Waals surface area (Å²) < 4.78 is 0. The van der Waals surface area contributed by atoms with E-state index in [0.717, 1.165) is 19.0 Å². The maximum atomic E-state index is 9.08. The molecule has 0 heterocycles. The highest BCUT2D eigenvalue weighted by atomic mass is 15.1. The fourth-order valence-corrected chi connectivity index (χ4v) is 2.34. The average molecular weight is 223 g/mol. The second kappa shape index (κ2) is 6.22. The van der Waals surface area contributed by atoms with Gasteiger partial charge in [-0.1, -0.05) is 19.3 Å². The minimum absolute atomic E-state index is 0.372. The van der Waals surface area contributed by atoms with E-state index in [1.165, 1.54) is 32.1 Å². The Morgan fingerprint density at radius 3 is 2.50 bits per heavy atom. The van der Waals surface area contributed by atoms with E-state index in [-0.39, 0.29) is 5.54 Å². The van der Waals surface area contributed by atoms with Crippen LogP contribution in [0.3, 0.4) is 0 Å². The van der Waals surface area contributed by atoms with Crippen LogP contribution < -0.4 is 5.32 Å². The molecule has 0 spiro atoms. The first-order chi connectivity index (χ1) is 7.61. The molecule has 0 aromatic carbocycles. The second-order valence-electron chi connectivity index (χ2n) is 5.22. The van der Waals surface area contributed by atoms with E-state index in [9.17, 15) is 0 Å². The zero-order chi connectivity index (χ0) is 12.0. The molecule has 16 heavy (non-hydrogen) atoms. The minimum Gasteiger partial charge on any atom is -0.303 e. The van der Waals surface area contributed by atoms with Crippen LogP contribution in [0.1, 0.15) is 45.4 Å². The van der Waals surface area contributed by atoms with Crippen molar-refractivity contribution >= 4 is 0 Å². The predicted octanol–water partition coefficient (Wildman–Crippen LogP) is 2.14. The first-order valence-electron chi connectivity index (χ1n) is 6.42. The van der Waals surface area contributed by atoms with Gasteiger partial charge in [0.2, 0.25) is 0 Å². The number of hydrogen-bond acceptors (Lipinski definition) is 3. The summed E-state index contributed by atoms with van der Waals surface area (Å²) in [5.74, 6) is 0. The smallest absolute Gasteiger partial charge is 0.104 e. The van der Waals surface area contributed by atoms with Crippen molar-refractivity contribution in [1.82, 2.24) is 10.2 Å². The Bertz CT molecular complexity index is 240. The van der Waals surface area contributed by atoms with Crippen molar-refractivity contribution in [1.29, 1.82) is 5.26 Å². The van der Waals surface area contributed by atoms with Crippen LogP contribution in [0.2, 0.25) is 0 Å². The summed E-state index contributed by atoms with van der Waals surface area (Å²) in [6.07, 6.45) is 7.70. The van der Waals surface area contributed by atoms with E-state index in [1.807, 2.05) is 14.0 Å². The van der Waals surface area contributed by atoms with Gasteiger partial charge in [-0.05, 0) is 40.3 Å². The molecular weight excluding hydrogens is 198 g/mol. The van der Waals surface area contributed by atoms with Gasteiger partial charge in [0.05, 0.1) is 6.07 Å². The highest BCUT2D eigenvalue weighted by Crippen LogP contribution is 2.22. The van der Waals surface area contributed by atoms with Gasteiger partial charge in [-0.3, -0.25) is 0 Å². The van der Waals surface area contributed by atoms with E-state index in [2.05, 4.69) is 23.3 Å². The Balaban J connectivity index is 2.34. The van der Waals surface area contributed by atoms with Crippen molar-refractivity contribution in [3.8, 4) is 6.07 Å². The lowest BCUT2D eigenvalue weighted by molar-refractivity contribution is 0.179. The van der Waals surface area contributed by atoms with Gasteiger partial charge < -0.3 is 10.2 Å². The van der Waals surface area contributed by atoms with E-state index in [0.29, 0.717) is 0 Å². The second-order valence-corrected chi connectivity index (χ2v) is 5.22. The van der Waals surface area contributed by atoms with E-state index >= 15 is 0 Å². The van der Waals surface area contributed by atoms with Crippen LogP contribution in [0.25, 0.3) is 0 Å². The van der Waals surface area contributed by atoms with Gasteiger partial charge in [-0.25, -0.2) is 0 Å². The number of nitrogens with one attached hydrogen (secondary N) is 1. The molecule has 1 unspecified atom stereocenters. The average Bonchev–Trinajstić information content (AvgIpc) is 2.36. The summed E-state index contributed by atoms with van der Waals surface area (Å²) in [6, 6.07) is 3.09. The molecule has 0 saturated heterocycles. The third-order valence-corrected chi connectivity index (χ3v) is 3.96. The highest BCUT2D eigenvalue weighted by molar-refractivity contribution is 5.03. The molecule has 1 fully saturated rings. The monoisotopic (exact) mass is 223 g/mol. The van der Waals surface area contributed by atoms with Crippen molar-refractivity contribution in [2.24, 2.45) is 0 Å². The van der Waals surface area contributed by atoms with Crippen molar-refractivity contribution in [3.63, 3.8) is 0 Å². The fraction of sp³-hybridized carbons (Fsp3) is 0.923. The maximum absolute atomic E-state index is 9.08. The summed E-state index contributed by atoms with van der Waals surface area (Å²) >= 11 is 0. The maximum Gasteiger partial charge on any atom is 0.104 e. The third-order valence-electron chi connectivity index (χ3n) is 3.96. The lowest BCUT2D eigenvalue weighted by Gasteiger charge is -2.33. The molecular formula is C13H25N3. The Kier molecular flexibility index (Phi) is 5.24. The summed E-state index contributed by atoms with van der Waals surface area (Å²) in [7, 11) is 4.06. The topological polar surface area (TPSA) is 39.1 Å². The Morgan fingerprint density at radius 1 is 1.38 bits per heavy atom. The number of rotatable bonds is 5. The largest absolute Gasteiger partial charge is 0.303 e. The molecule has 1 aliphatic carbocycles. The molecule has 3 heteroatoms. The zero-order valence-corrected chi connectivity index (χ0v) is 10.9. The van der Waals surface area contributed by atoms with Gasteiger partial charge in [-0.2, -0.15) is 5.26 Å². The molecule has 0 amide bonds. The molecule has 1 aliphatic rings. The predicted molar refractivity (Wildman–Crippen MR) is 67.2 cm³/mol. The van der Waals surface area contributed by atoms with Gasteiger partial charge in [0.1, 0.15) is 5.54 Å². The highest BCUT2D eigenvalue weighted by Gasteiger charge is 2.24. The van der Waals surface area contributed by atoms with Gasteiger partial charge in [0.15, 0.2) is 0 Å². The molecule has 0 aromatic rings.